The SMILES string of the molecule is CC[C@H](c1ccc(F)c(Cl)c1)N1CCNCC1.Cl. The summed E-state index contributed by atoms with van der Waals surface area (Å²) in [7, 11) is 0. The number of halogens is 3. The minimum atomic E-state index is -0.342. The van der Waals surface area contributed by atoms with Gasteiger partial charge in [-0.3, -0.25) is 4.90 Å². The van der Waals surface area contributed by atoms with Crippen LogP contribution in [-0.2, 0) is 0 Å². The molecule has 0 amide bonds. The highest BCUT2D eigenvalue weighted by Crippen LogP contribution is 2.27. The molecule has 2 nitrogen and oxygen atoms in total. The van der Waals surface area contributed by atoms with Crippen molar-refractivity contribution in [1.82, 2.24) is 10.2 Å². The third-order valence-corrected chi connectivity index (χ3v) is 3.60. The van der Waals surface area contributed by atoms with Crippen LogP contribution in [0.25, 0.3) is 0 Å². The Kier molecular flexibility index (Phi) is 6.36. The van der Waals surface area contributed by atoms with E-state index in [9.17, 15) is 4.39 Å². The Hall–Kier alpha value is -0.350. The topological polar surface area (TPSA) is 15.3 Å². The molecule has 0 aromatic heterocycles. The molecule has 1 saturated heterocycles. The van der Waals surface area contributed by atoms with Gasteiger partial charge < -0.3 is 5.32 Å². The van der Waals surface area contributed by atoms with Crippen LogP contribution in [0.3, 0.4) is 0 Å². The Labute approximate surface area is 119 Å². The van der Waals surface area contributed by atoms with Gasteiger partial charge in [0.1, 0.15) is 5.82 Å². The van der Waals surface area contributed by atoms with Crippen LogP contribution in [0.2, 0.25) is 5.02 Å². The summed E-state index contributed by atoms with van der Waals surface area (Å²) in [5, 5.41) is 3.56. The zero-order valence-corrected chi connectivity index (χ0v) is 12.0. The Balaban J connectivity index is 0.00000162. The molecule has 1 heterocycles. The van der Waals surface area contributed by atoms with Crippen LogP contribution in [-0.4, -0.2) is 31.1 Å². The highest BCUT2D eigenvalue weighted by Gasteiger charge is 2.21. The van der Waals surface area contributed by atoms with Crippen molar-refractivity contribution in [1.29, 1.82) is 0 Å². The van der Waals surface area contributed by atoms with Crippen molar-refractivity contribution in [2.24, 2.45) is 0 Å². The summed E-state index contributed by atoms with van der Waals surface area (Å²) in [6.07, 6.45) is 1.02. The van der Waals surface area contributed by atoms with E-state index in [0.29, 0.717) is 6.04 Å². The molecule has 1 N–H and O–H groups in total. The zero-order valence-electron chi connectivity index (χ0n) is 10.5. The molecule has 1 atom stereocenters. The summed E-state index contributed by atoms with van der Waals surface area (Å²) in [5.41, 5.74) is 1.11. The van der Waals surface area contributed by atoms with Crippen molar-refractivity contribution < 1.29 is 4.39 Å². The van der Waals surface area contributed by atoms with Crippen LogP contribution in [0.15, 0.2) is 18.2 Å². The van der Waals surface area contributed by atoms with E-state index in [2.05, 4.69) is 17.1 Å². The molecule has 2 rings (SSSR count). The number of hydrogen-bond acceptors (Lipinski definition) is 2. The number of nitrogens with one attached hydrogen (secondary N) is 1. The number of nitrogens with zero attached hydrogens (tertiary/aromatic N) is 1. The minimum Gasteiger partial charge on any atom is -0.314 e. The Bertz CT molecular complexity index is 381. The summed E-state index contributed by atoms with van der Waals surface area (Å²) >= 11 is 5.85. The average Bonchev–Trinajstić information content (AvgIpc) is 2.36. The molecule has 5 heteroatoms. The lowest BCUT2D eigenvalue weighted by molar-refractivity contribution is 0.169. The standard InChI is InChI=1S/C13H18ClFN2.ClH/c1-2-13(17-7-5-16-6-8-17)10-3-4-12(15)11(14)9-10;/h3-4,9,13,16H,2,5-8H2,1H3;1H/t13-;/m1./s1. The van der Waals surface area contributed by atoms with Crippen molar-refractivity contribution in [2.75, 3.05) is 26.2 Å². The summed E-state index contributed by atoms with van der Waals surface area (Å²) in [5.74, 6) is -0.342. The molecule has 0 saturated carbocycles. The molecule has 1 aliphatic heterocycles. The molecule has 0 radical (unpaired) electrons. The van der Waals surface area contributed by atoms with Gasteiger partial charge in [-0.2, -0.15) is 0 Å². The normalized spacial score (nSPS) is 18.2. The first kappa shape index (κ1) is 15.7. The van der Waals surface area contributed by atoms with Gasteiger partial charge in [-0.05, 0) is 24.1 Å². The fraction of sp³-hybridized carbons (Fsp3) is 0.538. The largest absolute Gasteiger partial charge is 0.314 e. The minimum absolute atomic E-state index is 0. The van der Waals surface area contributed by atoms with E-state index in [-0.39, 0.29) is 23.2 Å². The Morgan fingerprint density at radius 3 is 2.61 bits per heavy atom. The second-order valence-corrected chi connectivity index (χ2v) is 4.79. The molecule has 0 bridgehead atoms. The van der Waals surface area contributed by atoms with Gasteiger partial charge in [0.15, 0.2) is 0 Å². The molecule has 102 valence electrons. The molecule has 0 aliphatic carbocycles. The average molecular weight is 293 g/mol. The molecule has 1 aromatic carbocycles. The first-order valence-electron chi connectivity index (χ1n) is 6.12. The fourth-order valence-electron chi connectivity index (χ4n) is 2.42. The highest BCUT2D eigenvalue weighted by molar-refractivity contribution is 6.30. The fourth-order valence-corrected chi connectivity index (χ4v) is 2.61. The molecule has 0 unspecified atom stereocenters. The van der Waals surface area contributed by atoms with Gasteiger partial charge in [0.05, 0.1) is 5.02 Å². The number of piperazine rings is 1. The first-order valence-corrected chi connectivity index (χ1v) is 6.50. The van der Waals surface area contributed by atoms with E-state index < -0.39 is 0 Å². The van der Waals surface area contributed by atoms with E-state index in [1.54, 1.807) is 6.07 Å². The van der Waals surface area contributed by atoms with E-state index in [1.807, 2.05) is 6.07 Å². The first-order chi connectivity index (χ1) is 8.22. The van der Waals surface area contributed by atoms with E-state index in [1.165, 1.54) is 6.07 Å². The Morgan fingerprint density at radius 2 is 2.06 bits per heavy atom. The van der Waals surface area contributed by atoms with Gasteiger partial charge in [0.25, 0.3) is 0 Å². The molecule has 1 aromatic rings. The van der Waals surface area contributed by atoms with Gasteiger partial charge >= 0.3 is 0 Å². The van der Waals surface area contributed by atoms with E-state index in [4.69, 9.17) is 11.6 Å². The lowest BCUT2D eigenvalue weighted by atomic mass is 10.0. The predicted octanol–water partition coefficient (Wildman–Crippen LogP) is 3.26. The van der Waals surface area contributed by atoms with Crippen molar-refractivity contribution in [2.45, 2.75) is 19.4 Å². The molecule has 18 heavy (non-hydrogen) atoms. The summed E-state index contributed by atoms with van der Waals surface area (Å²) in [6.45, 7) is 6.27. The zero-order chi connectivity index (χ0) is 12.3. The number of benzene rings is 1. The van der Waals surface area contributed by atoms with Gasteiger partial charge in [-0.15, -0.1) is 12.4 Å². The highest BCUT2D eigenvalue weighted by atomic mass is 35.5. The maximum Gasteiger partial charge on any atom is 0.141 e. The Morgan fingerprint density at radius 1 is 1.39 bits per heavy atom. The second kappa shape index (κ2) is 7.29. The van der Waals surface area contributed by atoms with Gasteiger partial charge in [0.2, 0.25) is 0 Å². The van der Waals surface area contributed by atoms with Crippen LogP contribution >= 0.6 is 24.0 Å². The third kappa shape index (κ3) is 3.58. The van der Waals surface area contributed by atoms with Crippen molar-refractivity contribution in [3.8, 4) is 0 Å². The third-order valence-electron chi connectivity index (χ3n) is 3.31. The van der Waals surface area contributed by atoms with Crippen LogP contribution in [0.5, 0.6) is 0 Å². The van der Waals surface area contributed by atoms with Gasteiger partial charge in [-0.1, -0.05) is 24.6 Å². The maximum absolute atomic E-state index is 13.2. The van der Waals surface area contributed by atoms with Gasteiger partial charge in [0, 0.05) is 32.2 Å². The maximum atomic E-state index is 13.2. The molecule has 1 aliphatic rings. The van der Waals surface area contributed by atoms with Crippen LogP contribution in [0.1, 0.15) is 24.9 Å². The van der Waals surface area contributed by atoms with Crippen molar-refractivity contribution >= 4 is 24.0 Å². The predicted molar refractivity (Wildman–Crippen MR) is 76.1 cm³/mol. The number of hydrogen-bond donors (Lipinski definition) is 1. The second-order valence-electron chi connectivity index (χ2n) is 4.38. The molecule has 0 spiro atoms. The summed E-state index contributed by atoms with van der Waals surface area (Å²) in [4.78, 5) is 2.43. The van der Waals surface area contributed by atoms with E-state index in [0.717, 1.165) is 38.2 Å². The van der Waals surface area contributed by atoms with Crippen LogP contribution in [0, 0.1) is 5.82 Å². The molecule has 1 fully saturated rings. The quantitative estimate of drug-likeness (QED) is 0.920. The summed E-state index contributed by atoms with van der Waals surface area (Å²) in [6, 6.07) is 5.41. The lowest BCUT2D eigenvalue weighted by Crippen LogP contribution is -2.45. The number of rotatable bonds is 3. The molecular weight excluding hydrogens is 274 g/mol. The van der Waals surface area contributed by atoms with Crippen molar-refractivity contribution in [3.63, 3.8) is 0 Å². The monoisotopic (exact) mass is 292 g/mol. The van der Waals surface area contributed by atoms with Crippen molar-refractivity contribution in [3.05, 3.63) is 34.6 Å². The van der Waals surface area contributed by atoms with Crippen LogP contribution in [0.4, 0.5) is 4.39 Å². The molecular formula is C13H19Cl2FN2. The van der Waals surface area contributed by atoms with E-state index >= 15 is 0 Å². The van der Waals surface area contributed by atoms with Crippen LogP contribution < -0.4 is 5.32 Å². The lowest BCUT2D eigenvalue weighted by Gasteiger charge is -2.34. The van der Waals surface area contributed by atoms with Gasteiger partial charge in [-0.25, -0.2) is 4.39 Å². The smallest absolute Gasteiger partial charge is 0.141 e. The summed E-state index contributed by atoms with van der Waals surface area (Å²) < 4.78 is 13.2.